The molecule has 2 N–H and O–H groups in total. The highest BCUT2D eigenvalue weighted by atomic mass is 28.4. The highest BCUT2D eigenvalue weighted by Crippen LogP contribution is 2.58. The second kappa shape index (κ2) is 12.6. The Bertz CT molecular complexity index is 1370. The Kier molecular flexibility index (Phi) is 9.28. The third-order valence-corrected chi connectivity index (χ3v) is 15.2. The third-order valence-electron chi connectivity index (χ3n) is 9.14. The number of hydrogen-bond acceptors (Lipinski definition) is 6. The van der Waals surface area contributed by atoms with Gasteiger partial charge in [0, 0.05) is 23.2 Å². The van der Waals surface area contributed by atoms with Crippen molar-refractivity contribution in [2.75, 3.05) is 5.32 Å². The molecule has 43 heavy (non-hydrogen) atoms. The number of aromatic hydroxyl groups is 1. The highest BCUT2D eigenvalue weighted by Gasteiger charge is 2.52. The van der Waals surface area contributed by atoms with Crippen LogP contribution >= 0.6 is 0 Å². The first-order valence-electron chi connectivity index (χ1n) is 15.9. The summed E-state index contributed by atoms with van der Waals surface area (Å²) in [6, 6.07) is 20.0. The lowest BCUT2D eigenvalue weighted by Gasteiger charge is -2.43. The van der Waals surface area contributed by atoms with Gasteiger partial charge in [-0.05, 0) is 55.1 Å². The lowest BCUT2D eigenvalue weighted by Crippen LogP contribution is -2.50. The largest absolute Gasteiger partial charge is 0.507 e. The van der Waals surface area contributed by atoms with Gasteiger partial charge in [0.1, 0.15) is 11.9 Å². The van der Waals surface area contributed by atoms with Crippen molar-refractivity contribution in [1.29, 1.82) is 0 Å². The van der Waals surface area contributed by atoms with E-state index in [1.807, 2.05) is 74.5 Å². The number of phenolic OH excluding ortho intramolecular Hbond substituents is 1. The van der Waals surface area contributed by atoms with Crippen LogP contribution in [0.2, 0.25) is 16.6 Å². The molecule has 0 aliphatic carbocycles. The quantitative estimate of drug-likeness (QED) is 0.178. The molecule has 0 aromatic heterocycles. The van der Waals surface area contributed by atoms with Gasteiger partial charge in [0.05, 0.1) is 29.6 Å². The fraction of sp³-hybridized carbons (Fsp3) is 0.500. The van der Waals surface area contributed by atoms with Gasteiger partial charge in [0.2, 0.25) is 8.32 Å². The second-order valence-corrected chi connectivity index (χ2v) is 18.7. The van der Waals surface area contributed by atoms with Gasteiger partial charge >= 0.3 is 0 Å². The van der Waals surface area contributed by atoms with Crippen LogP contribution in [0.5, 0.6) is 11.5 Å². The van der Waals surface area contributed by atoms with E-state index in [0.717, 1.165) is 28.1 Å². The van der Waals surface area contributed by atoms with E-state index in [9.17, 15) is 5.11 Å². The number of rotatable bonds is 10. The summed E-state index contributed by atoms with van der Waals surface area (Å²) in [5.41, 5.74) is 6.16. The molecular weight excluding hydrogens is 554 g/mol. The lowest BCUT2D eigenvalue weighted by molar-refractivity contribution is -0.108. The highest BCUT2D eigenvalue weighted by molar-refractivity contribution is 6.77. The summed E-state index contributed by atoms with van der Waals surface area (Å²) in [4.78, 5) is 0. The molecule has 1 saturated heterocycles. The maximum atomic E-state index is 12.2. The Morgan fingerprint density at radius 1 is 0.814 bits per heavy atom. The maximum Gasteiger partial charge on any atom is 0.203 e. The van der Waals surface area contributed by atoms with Crippen LogP contribution in [0.15, 0.2) is 60.7 Å². The molecule has 0 radical (unpaired) electrons. The third kappa shape index (κ3) is 5.85. The number of ether oxygens (including phenoxy) is 3. The number of para-hydroxylation sites is 1. The molecule has 0 bridgehead atoms. The van der Waals surface area contributed by atoms with Gasteiger partial charge in [0.25, 0.3) is 0 Å². The summed E-state index contributed by atoms with van der Waals surface area (Å²) in [5, 5.41) is 15.9. The molecule has 1 fully saturated rings. The molecule has 4 atom stereocenters. The van der Waals surface area contributed by atoms with E-state index >= 15 is 0 Å². The van der Waals surface area contributed by atoms with Gasteiger partial charge in [-0.25, -0.2) is 0 Å². The summed E-state index contributed by atoms with van der Waals surface area (Å²) in [6.07, 6.45) is -0.907. The van der Waals surface area contributed by atoms with Crippen molar-refractivity contribution in [3.8, 4) is 22.6 Å². The molecule has 7 heteroatoms. The van der Waals surface area contributed by atoms with Crippen molar-refractivity contribution in [3.63, 3.8) is 0 Å². The first-order chi connectivity index (χ1) is 20.5. The summed E-state index contributed by atoms with van der Waals surface area (Å²) >= 11 is 0. The summed E-state index contributed by atoms with van der Waals surface area (Å²) < 4.78 is 27.1. The zero-order chi connectivity index (χ0) is 31.1. The molecule has 0 saturated carbocycles. The molecule has 3 aromatic carbocycles. The number of benzene rings is 3. The van der Waals surface area contributed by atoms with E-state index in [-0.39, 0.29) is 24.1 Å². The normalized spacial score (nSPS) is 21.9. The number of phenols is 1. The molecule has 2 aliphatic heterocycles. The second-order valence-electron chi connectivity index (χ2n) is 13.3. The zero-order valence-corrected chi connectivity index (χ0v) is 28.2. The minimum Gasteiger partial charge on any atom is -0.507 e. The summed E-state index contributed by atoms with van der Waals surface area (Å²) in [6.45, 7) is 19.8. The molecule has 3 aromatic rings. The molecule has 2 heterocycles. The van der Waals surface area contributed by atoms with Gasteiger partial charge < -0.3 is 29.1 Å². The number of anilines is 2. The van der Waals surface area contributed by atoms with E-state index in [1.165, 1.54) is 0 Å². The average Bonchev–Trinajstić information content (AvgIpc) is 3.35. The van der Waals surface area contributed by atoms with E-state index in [0.29, 0.717) is 34.4 Å². The molecule has 5 rings (SSSR count). The first-order valence-corrected chi connectivity index (χ1v) is 18.0. The predicted octanol–water partition coefficient (Wildman–Crippen LogP) is 10.0. The fourth-order valence-corrected chi connectivity index (χ4v) is 12.9. The Labute approximate surface area is 258 Å². The molecule has 0 spiro atoms. The van der Waals surface area contributed by atoms with Crippen LogP contribution in [0.1, 0.15) is 92.1 Å². The number of nitrogens with one attached hydrogen (secondary N) is 1. The van der Waals surface area contributed by atoms with Gasteiger partial charge in [0.15, 0.2) is 12.0 Å². The smallest absolute Gasteiger partial charge is 0.203 e. The number of hydrogen-bond donors (Lipinski definition) is 2. The van der Waals surface area contributed by atoms with Crippen LogP contribution in [0.3, 0.4) is 0 Å². The van der Waals surface area contributed by atoms with E-state index in [2.05, 4.69) is 53.8 Å². The van der Waals surface area contributed by atoms with Crippen LogP contribution < -0.4 is 10.1 Å². The van der Waals surface area contributed by atoms with Gasteiger partial charge in [-0.1, -0.05) is 90.1 Å². The van der Waals surface area contributed by atoms with Gasteiger partial charge in [-0.15, -0.1) is 0 Å². The van der Waals surface area contributed by atoms with E-state index in [1.54, 1.807) is 0 Å². The van der Waals surface area contributed by atoms with Gasteiger partial charge in [-0.2, -0.15) is 0 Å². The Balaban J connectivity index is 1.68. The Morgan fingerprint density at radius 3 is 1.95 bits per heavy atom. The van der Waals surface area contributed by atoms with Crippen LogP contribution in [-0.4, -0.2) is 31.9 Å². The zero-order valence-electron chi connectivity index (χ0n) is 27.2. The predicted molar refractivity (Wildman–Crippen MR) is 177 cm³/mol. The maximum absolute atomic E-state index is 12.2. The fourth-order valence-electron chi connectivity index (χ4n) is 7.52. The lowest BCUT2D eigenvalue weighted by atomic mass is 9.85. The average molecular weight is 604 g/mol. The Morgan fingerprint density at radius 2 is 1.40 bits per heavy atom. The van der Waals surface area contributed by atoms with Crippen molar-refractivity contribution < 1.29 is 23.7 Å². The molecule has 2 aliphatic rings. The minimum absolute atomic E-state index is 0.120. The van der Waals surface area contributed by atoms with Crippen molar-refractivity contribution in [2.45, 2.75) is 116 Å². The van der Waals surface area contributed by atoms with Crippen molar-refractivity contribution in [3.05, 3.63) is 71.8 Å². The Hall–Kier alpha value is -2.84. The molecule has 0 amide bonds. The summed E-state index contributed by atoms with van der Waals surface area (Å²) in [5.74, 6) is 0.785. The SMILES string of the molecule is CC(C)Oc1c(Nc2ccccc2)c2c(c(O)c1-c1ccccc1)[C@@H]1OC(O[Si](C(C)C)(C(C)C)C(C)C)C[C@@H]1O[C@H]2C. The van der Waals surface area contributed by atoms with Crippen LogP contribution in [0, 0.1) is 0 Å². The number of fused-ring (bicyclic) bond motifs is 3. The minimum atomic E-state index is -2.21. The molecular formula is C36H49NO5Si. The monoisotopic (exact) mass is 603 g/mol. The first kappa shape index (κ1) is 31.6. The van der Waals surface area contributed by atoms with E-state index < -0.39 is 20.7 Å². The van der Waals surface area contributed by atoms with Crippen molar-refractivity contribution in [1.82, 2.24) is 0 Å². The topological polar surface area (TPSA) is 69.2 Å². The van der Waals surface area contributed by atoms with E-state index in [4.69, 9.17) is 18.6 Å². The molecule has 232 valence electrons. The van der Waals surface area contributed by atoms with Crippen molar-refractivity contribution in [2.24, 2.45) is 0 Å². The van der Waals surface area contributed by atoms with Crippen molar-refractivity contribution >= 4 is 19.7 Å². The van der Waals surface area contributed by atoms with Gasteiger partial charge in [-0.3, -0.25) is 0 Å². The van der Waals surface area contributed by atoms with Crippen LogP contribution in [0.4, 0.5) is 11.4 Å². The molecule has 1 unspecified atom stereocenters. The molecule has 6 nitrogen and oxygen atoms in total. The van der Waals surface area contributed by atoms with Crippen LogP contribution in [-0.2, 0) is 13.9 Å². The standard InChI is InChI=1S/C36H49NO5Si/c1-21(2)39-36-31(26-16-12-10-13-17-26)34(38)32-30(33(36)37-27-18-14-11-15-19-27)25(9)40-28-20-29(41-35(28)32)42-43(22(3)4,23(5)6)24(7)8/h10-19,21-25,28-29,35,37-38H,20H2,1-9H3/t25-,28-,29?,35+/m0/s1. The summed E-state index contributed by atoms with van der Waals surface area (Å²) in [7, 11) is -2.21. The van der Waals surface area contributed by atoms with Crippen LogP contribution in [0.25, 0.3) is 11.1 Å².